The number of rotatable bonds is 2. The topological polar surface area (TPSA) is 18.5 Å². The molecule has 3 rings (SSSR count). The summed E-state index contributed by atoms with van der Waals surface area (Å²) in [5.41, 5.74) is -14.5. The van der Waals surface area contributed by atoms with Gasteiger partial charge in [-0.05, 0) is 0 Å². The Bertz CT molecular complexity index is 930. The quantitative estimate of drug-likeness (QED) is 0.315. The van der Waals surface area contributed by atoms with Crippen LogP contribution in [0.15, 0.2) is 60.7 Å². The molecule has 0 aromatic heterocycles. The first-order valence-electron chi connectivity index (χ1n) is 8.73. The second-order valence-corrected chi connectivity index (χ2v) is 10.2. The molecule has 0 N–H and O–H groups in total. The van der Waals surface area contributed by atoms with E-state index in [9.17, 15) is 52.7 Å². The standard InChI is InChI=1S/C18H10F13O2P/c19-15(20,21)13(16(22,23)24)14(17(25,26)27,18(28,29)30)33-34(31,32-13,11-7-3-1-4-8-11)12-9-5-2-6-10-12/h1-10H. The van der Waals surface area contributed by atoms with Gasteiger partial charge in [0.2, 0.25) is 0 Å². The number of benzene rings is 2. The normalized spacial score (nSPS) is 23.1. The molecule has 190 valence electrons. The molecule has 0 saturated carbocycles. The van der Waals surface area contributed by atoms with E-state index < -0.39 is 53.9 Å². The Kier molecular flexibility index (Phi) is 5.61. The van der Waals surface area contributed by atoms with Crippen molar-refractivity contribution in [3.8, 4) is 0 Å². The molecule has 0 atom stereocenters. The molecule has 0 aliphatic carbocycles. The van der Waals surface area contributed by atoms with Gasteiger partial charge in [0.05, 0.1) is 0 Å². The molecular formula is C18H10F13O2P. The summed E-state index contributed by atoms with van der Waals surface area (Å²) < 4.78 is 192. The zero-order valence-corrected chi connectivity index (χ0v) is 16.8. The van der Waals surface area contributed by atoms with Gasteiger partial charge in [0.1, 0.15) is 0 Å². The van der Waals surface area contributed by atoms with E-state index in [4.69, 9.17) is 0 Å². The number of hydrogen-bond donors (Lipinski definition) is 0. The molecule has 2 aromatic rings. The van der Waals surface area contributed by atoms with Crippen LogP contribution in [0.25, 0.3) is 0 Å². The van der Waals surface area contributed by atoms with Crippen LogP contribution in [0.1, 0.15) is 0 Å². The van der Waals surface area contributed by atoms with E-state index in [0.29, 0.717) is 24.3 Å². The van der Waals surface area contributed by atoms with Crippen molar-refractivity contribution < 1.29 is 65.9 Å². The van der Waals surface area contributed by atoms with Gasteiger partial charge in [-0.25, -0.2) is 0 Å². The van der Waals surface area contributed by atoms with Crippen LogP contribution in [0.5, 0.6) is 0 Å². The minimum absolute atomic E-state index is 0.366. The summed E-state index contributed by atoms with van der Waals surface area (Å²) in [5.74, 6) is 0. The van der Waals surface area contributed by atoms with E-state index in [1.54, 1.807) is 0 Å². The van der Waals surface area contributed by atoms with Crippen LogP contribution in [0.2, 0.25) is 0 Å². The number of alkyl halides is 12. The van der Waals surface area contributed by atoms with Crippen LogP contribution in [-0.4, -0.2) is 35.9 Å². The first-order chi connectivity index (χ1) is 15.2. The predicted octanol–water partition coefficient (Wildman–Crippen LogP) is 6.68. The third-order valence-corrected chi connectivity index (χ3v) is 8.63. The Labute approximate surface area is 181 Å². The van der Waals surface area contributed by atoms with Crippen molar-refractivity contribution in [1.82, 2.24) is 0 Å². The molecule has 0 bridgehead atoms. The van der Waals surface area contributed by atoms with Gasteiger partial charge in [-0.3, -0.25) is 0 Å². The van der Waals surface area contributed by atoms with Gasteiger partial charge in [-0.15, -0.1) is 0 Å². The molecule has 0 unspecified atom stereocenters. The molecule has 1 heterocycles. The zero-order chi connectivity index (χ0) is 26.1. The molecule has 1 aliphatic heterocycles. The van der Waals surface area contributed by atoms with Crippen molar-refractivity contribution >= 4 is 18.0 Å². The van der Waals surface area contributed by atoms with Gasteiger partial charge in [-0.2, -0.15) is 0 Å². The summed E-state index contributed by atoms with van der Waals surface area (Å²) in [4.78, 5) is 0. The first kappa shape index (κ1) is 26.5. The fraction of sp³-hybridized carbons (Fsp3) is 0.333. The molecular weight excluding hydrogens is 526 g/mol. The van der Waals surface area contributed by atoms with Crippen LogP contribution in [0.4, 0.5) is 56.9 Å². The van der Waals surface area contributed by atoms with Gasteiger partial charge < -0.3 is 0 Å². The van der Waals surface area contributed by atoms with Crippen LogP contribution in [-0.2, 0) is 9.05 Å². The van der Waals surface area contributed by atoms with Gasteiger partial charge in [0, 0.05) is 0 Å². The van der Waals surface area contributed by atoms with E-state index in [2.05, 4.69) is 9.05 Å². The van der Waals surface area contributed by atoms with E-state index in [0.717, 1.165) is 36.4 Å². The van der Waals surface area contributed by atoms with Gasteiger partial charge in [0.15, 0.2) is 0 Å². The van der Waals surface area contributed by atoms with Crippen molar-refractivity contribution in [2.75, 3.05) is 0 Å². The molecule has 34 heavy (non-hydrogen) atoms. The SMILES string of the molecule is FC(F)(F)C1(C(F)(F)F)OP(F)(c2ccccc2)(c2ccccc2)OC1(C(F)(F)F)C(F)(F)F. The summed E-state index contributed by atoms with van der Waals surface area (Å²) in [6, 6.07) is 6.52. The van der Waals surface area contributed by atoms with Crippen molar-refractivity contribution in [3.05, 3.63) is 60.7 Å². The average Bonchev–Trinajstić information content (AvgIpc) is 3.01. The van der Waals surface area contributed by atoms with Gasteiger partial charge in [0.25, 0.3) is 0 Å². The minimum atomic E-state index is -8.00. The predicted molar refractivity (Wildman–Crippen MR) is 92.0 cm³/mol. The van der Waals surface area contributed by atoms with E-state index in [1.165, 1.54) is 0 Å². The molecule has 1 fully saturated rings. The van der Waals surface area contributed by atoms with Crippen molar-refractivity contribution in [2.24, 2.45) is 0 Å². The van der Waals surface area contributed by atoms with Crippen molar-refractivity contribution in [1.29, 1.82) is 0 Å². The Balaban J connectivity index is 2.67. The Morgan fingerprint density at radius 1 is 0.471 bits per heavy atom. The maximum absolute atomic E-state index is 17.0. The average molecular weight is 536 g/mol. The monoisotopic (exact) mass is 536 g/mol. The second kappa shape index (κ2) is 7.20. The molecule has 0 radical (unpaired) electrons. The van der Waals surface area contributed by atoms with Crippen molar-refractivity contribution in [3.63, 3.8) is 0 Å². The number of hydrogen-bond acceptors (Lipinski definition) is 2. The van der Waals surface area contributed by atoms with Gasteiger partial charge >= 0.3 is 180 Å². The molecule has 1 aliphatic rings. The Morgan fingerprint density at radius 3 is 0.912 bits per heavy atom. The van der Waals surface area contributed by atoms with E-state index in [-0.39, 0.29) is 0 Å². The summed E-state index contributed by atoms with van der Waals surface area (Å²) in [5, 5.41) is -3.04. The summed E-state index contributed by atoms with van der Waals surface area (Å²) in [7, 11) is -8.00. The molecule has 2 aromatic carbocycles. The first-order valence-corrected chi connectivity index (χ1v) is 10.7. The molecule has 0 amide bonds. The van der Waals surface area contributed by atoms with Gasteiger partial charge in [-0.1, -0.05) is 0 Å². The molecule has 16 heteroatoms. The fourth-order valence-electron chi connectivity index (χ4n) is 3.68. The Hall–Kier alpha value is -2.12. The van der Waals surface area contributed by atoms with E-state index >= 15 is 4.20 Å². The maximum atomic E-state index is 17.0. The second-order valence-electron chi connectivity index (χ2n) is 7.07. The van der Waals surface area contributed by atoms with Crippen LogP contribution in [0.3, 0.4) is 0 Å². The van der Waals surface area contributed by atoms with Crippen LogP contribution in [0, 0.1) is 0 Å². The zero-order valence-electron chi connectivity index (χ0n) is 16.0. The fourth-order valence-corrected chi connectivity index (χ4v) is 7.45. The summed E-state index contributed by atoms with van der Waals surface area (Å²) in [6.07, 6.45) is -30.1. The third-order valence-electron chi connectivity index (χ3n) is 5.08. The number of halogens is 13. The summed E-state index contributed by atoms with van der Waals surface area (Å²) in [6.45, 7) is 0. The van der Waals surface area contributed by atoms with E-state index in [1.807, 2.05) is 0 Å². The molecule has 2 nitrogen and oxygen atoms in total. The molecule has 1 saturated heterocycles. The van der Waals surface area contributed by atoms with Crippen LogP contribution < -0.4 is 10.6 Å². The summed E-state index contributed by atoms with van der Waals surface area (Å²) >= 11 is 0. The van der Waals surface area contributed by atoms with Crippen molar-refractivity contribution in [2.45, 2.75) is 35.9 Å². The third kappa shape index (κ3) is 3.15. The van der Waals surface area contributed by atoms with Crippen LogP contribution >= 0.6 is 7.37 Å². The molecule has 0 spiro atoms. The Morgan fingerprint density at radius 2 is 0.706 bits per heavy atom.